The number of rotatable bonds is 8. The zero-order chi connectivity index (χ0) is 38.4. The smallest absolute Gasteiger partial charge is 0.0543 e. The summed E-state index contributed by atoms with van der Waals surface area (Å²) in [5, 5.41) is 2.51. The van der Waals surface area contributed by atoms with Gasteiger partial charge < -0.3 is 4.90 Å². The number of hydrogen-bond donors (Lipinski definition) is 0. The van der Waals surface area contributed by atoms with E-state index in [0.29, 0.717) is 0 Å². The summed E-state index contributed by atoms with van der Waals surface area (Å²) in [5.41, 5.74) is 21.2. The lowest BCUT2D eigenvalue weighted by atomic mass is 9.80. The van der Waals surface area contributed by atoms with Gasteiger partial charge in [-0.15, -0.1) is 0 Å². The van der Waals surface area contributed by atoms with E-state index >= 15 is 0 Å². The lowest BCUT2D eigenvalue weighted by Crippen LogP contribution is -2.17. The maximum absolute atomic E-state index is 3.91. The van der Waals surface area contributed by atoms with Gasteiger partial charge in [-0.1, -0.05) is 147 Å². The number of hydrogen-bond acceptors (Lipinski definition) is 1. The van der Waals surface area contributed by atoms with Crippen LogP contribution in [0.15, 0.2) is 170 Å². The number of anilines is 3. The molecule has 0 N–H and O–H groups in total. The minimum atomic E-state index is -0.238. The number of aryl methyl sites for hydroxylation is 3. The third-order valence-corrected chi connectivity index (χ3v) is 11.6. The second-order valence-corrected chi connectivity index (χ2v) is 15.7. The van der Waals surface area contributed by atoms with E-state index in [1.54, 1.807) is 0 Å². The molecular formula is C54H49N. The molecule has 1 aliphatic carbocycles. The Balaban J connectivity index is 1.34. The molecule has 7 aromatic carbocycles. The van der Waals surface area contributed by atoms with Crippen LogP contribution in [0.2, 0.25) is 0 Å². The largest absolute Gasteiger partial charge is 0.309 e. The van der Waals surface area contributed by atoms with Crippen molar-refractivity contribution in [2.45, 2.75) is 53.9 Å². The van der Waals surface area contributed by atoms with E-state index in [4.69, 9.17) is 0 Å². The highest BCUT2D eigenvalue weighted by Crippen LogP contribution is 2.56. The standard InChI is InChI=1S/C54H49N/c1-9-10-23-42(35(2)3)47-32-39(29-28-37(47)5)40-30-31-46-48(33-40)54(7,8)49-34-51(44-25-16-17-26-45(44)53(46)49)55(41-21-12-11-13-22-41)50-27-18-20-38(6)52(50)43-24-15-14-19-36(43)4/h9-34H,1H2,2-8H3/b23-10-. The van der Waals surface area contributed by atoms with Gasteiger partial charge in [-0.25, -0.2) is 0 Å². The van der Waals surface area contributed by atoms with E-state index < -0.39 is 0 Å². The Morgan fingerprint density at radius 3 is 1.98 bits per heavy atom. The number of fused-ring (bicyclic) bond motifs is 5. The lowest BCUT2D eigenvalue weighted by molar-refractivity contribution is 0.661. The summed E-state index contributed by atoms with van der Waals surface area (Å²) in [4.78, 5) is 2.50. The van der Waals surface area contributed by atoms with Crippen molar-refractivity contribution >= 4 is 33.4 Å². The van der Waals surface area contributed by atoms with E-state index in [2.05, 4.69) is 206 Å². The predicted molar refractivity (Wildman–Crippen MR) is 239 cm³/mol. The number of para-hydroxylation sites is 1. The summed E-state index contributed by atoms with van der Waals surface area (Å²) in [5.74, 6) is 0. The van der Waals surface area contributed by atoms with Gasteiger partial charge in [0.25, 0.3) is 0 Å². The molecular weight excluding hydrogens is 663 g/mol. The zero-order valence-corrected chi connectivity index (χ0v) is 33.2. The third-order valence-electron chi connectivity index (χ3n) is 11.6. The summed E-state index contributed by atoms with van der Waals surface area (Å²) in [6.45, 7) is 19.7. The topological polar surface area (TPSA) is 3.24 Å². The average Bonchev–Trinajstić information content (AvgIpc) is 3.42. The fourth-order valence-electron chi connectivity index (χ4n) is 8.74. The van der Waals surface area contributed by atoms with Crippen molar-refractivity contribution in [1.82, 2.24) is 0 Å². The van der Waals surface area contributed by atoms with Gasteiger partial charge in [-0.05, 0) is 143 Å². The van der Waals surface area contributed by atoms with Gasteiger partial charge in [0.05, 0.1) is 11.4 Å². The SMILES string of the molecule is C=C/C=C\C(=C(C)C)c1cc(-c2ccc3c(c2)C(C)(C)c2cc(N(c4ccccc4)c4cccc(C)c4-c4ccccc4C)c4ccccc4c2-3)ccc1C. The molecule has 0 radical (unpaired) electrons. The van der Waals surface area contributed by atoms with Gasteiger partial charge in [-0.2, -0.15) is 0 Å². The van der Waals surface area contributed by atoms with Crippen LogP contribution in [0.25, 0.3) is 49.7 Å². The molecule has 0 bridgehead atoms. The molecule has 0 fully saturated rings. The maximum atomic E-state index is 3.91. The number of allylic oxidation sites excluding steroid dienone is 5. The van der Waals surface area contributed by atoms with Crippen molar-refractivity contribution in [3.8, 4) is 33.4 Å². The molecule has 0 spiro atoms. The quantitative estimate of drug-likeness (QED) is 0.142. The third kappa shape index (κ3) is 6.15. The van der Waals surface area contributed by atoms with Crippen LogP contribution in [0, 0.1) is 20.8 Å². The minimum absolute atomic E-state index is 0.238. The molecule has 270 valence electrons. The molecule has 0 heterocycles. The Morgan fingerprint density at radius 1 is 0.564 bits per heavy atom. The average molecular weight is 712 g/mol. The fourth-order valence-corrected chi connectivity index (χ4v) is 8.74. The molecule has 7 aromatic rings. The minimum Gasteiger partial charge on any atom is -0.309 e. The van der Waals surface area contributed by atoms with Crippen molar-refractivity contribution in [2.75, 3.05) is 4.90 Å². The molecule has 0 saturated heterocycles. The fraction of sp³-hybridized carbons (Fsp3) is 0.148. The van der Waals surface area contributed by atoms with Crippen LogP contribution in [-0.2, 0) is 5.41 Å². The summed E-state index contributed by atoms with van der Waals surface area (Å²) in [6, 6.07) is 51.9. The first-order chi connectivity index (χ1) is 26.6. The van der Waals surface area contributed by atoms with Gasteiger partial charge in [0.15, 0.2) is 0 Å². The molecule has 0 amide bonds. The first-order valence-corrected chi connectivity index (χ1v) is 19.4. The summed E-state index contributed by atoms with van der Waals surface area (Å²) >= 11 is 0. The molecule has 1 aliphatic rings. The molecule has 8 rings (SSSR count). The van der Waals surface area contributed by atoms with Crippen molar-refractivity contribution in [1.29, 1.82) is 0 Å². The summed E-state index contributed by atoms with van der Waals surface area (Å²) in [6.07, 6.45) is 6.06. The highest BCUT2D eigenvalue weighted by Gasteiger charge is 2.38. The van der Waals surface area contributed by atoms with E-state index in [1.165, 1.54) is 100 Å². The van der Waals surface area contributed by atoms with Gasteiger partial charge in [0.1, 0.15) is 0 Å². The first kappa shape index (κ1) is 35.8. The summed E-state index contributed by atoms with van der Waals surface area (Å²) < 4.78 is 0. The Hall–Kier alpha value is -6.18. The van der Waals surface area contributed by atoms with Gasteiger partial charge in [0.2, 0.25) is 0 Å². The van der Waals surface area contributed by atoms with E-state index in [0.717, 1.165) is 5.69 Å². The Labute approximate surface area is 327 Å². The van der Waals surface area contributed by atoms with E-state index in [9.17, 15) is 0 Å². The molecule has 0 saturated carbocycles. The highest BCUT2D eigenvalue weighted by atomic mass is 15.1. The number of benzene rings is 7. The highest BCUT2D eigenvalue weighted by molar-refractivity contribution is 6.11. The summed E-state index contributed by atoms with van der Waals surface area (Å²) in [7, 11) is 0. The zero-order valence-electron chi connectivity index (χ0n) is 33.2. The van der Waals surface area contributed by atoms with Crippen LogP contribution in [-0.4, -0.2) is 0 Å². The Kier molecular flexibility index (Phi) is 9.27. The Bertz CT molecular complexity index is 2680. The number of nitrogens with zero attached hydrogens (tertiary/aromatic N) is 1. The molecule has 1 heteroatoms. The van der Waals surface area contributed by atoms with E-state index in [1.807, 2.05) is 12.2 Å². The molecule has 0 unspecified atom stereocenters. The van der Waals surface area contributed by atoms with Crippen LogP contribution in [0.3, 0.4) is 0 Å². The van der Waals surface area contributed by atoms with Crippen molar-refractivity contribution in [3.05, 3.63) is 203 Å². The van der Waals surface area contributed by atoms with Crippen LogP contribution >= 0.6 is 0 Å². The van der Waals surface area contributed by atoms with Crippen molar-refractivity contribution in [2.24, 2.45) is 0 Å². The van der Waals surface area contributed by atoms with Gasteiger partial charge in [0, 0.05) is 22.1 Å². The van der Waals surface area contributed by atoms with Crippen LogP contribution < -0.4 is 4.90 Å². The maximum Gasteiger partial charge on any atom is 0.0543 e. The molecule has 0 atom stereocenters. The molecule has 0 aliphatic heterocycles. The molecule has 1 nitrogen and oxygen atoms in total. The Morgan fingerprint density at radius 2 is 1.24 bits per heavy atom. The lowest BCUT2D eigenvalue weighted by Gasteiger charge is -2.32. The monoisotopic (exact) mass is 711 g/mol. The second kappa shape index (κ2) is 14.2. The van der Waals surface area contributed by atoms with E-state index in [-0.39, 0.29) is 5.41 Å². The van der Waals surface area contributed by atoms with Crippen molar-refractivity contribution in [3.63, 3.8) is 0 Å². The second-order valence-electron chi connectivity index (χ2n) is 15.7. The van der Waals surface area contributed by atoms with Crippen LogP contribution in [0.4, 0.5) is 17.1 Å². The van der Waals surface area contributed by atoms with Crippen LogP contribution in [0.5, 0.6) is 0 Å². The predicted octanol–water partition coefficient (Wildman–Crippen LogP) is 15.4. The first-order valence-electron chi connectivity index (χ1n) is 19.4. The molecule has 0 aromatic heterocycles. The van der Waals surface area contributed by atoms with Crippen molar-refractivity contribution < 1.29 is 0 Å². The van der Waals surface area contributed by atoms with Crippen LogP contribution in [0.1, 0.15) is 61.1 Å². The molecule has 55 heavy (non-hydrogen) atoms. The normalized spacial score (nSPS) is 12.8. The van der Waals surface area contributed by atoms with Gasteiger partial charge in [-0.3, -0.25) is 0 Å². The van der Waals surface area contributed by atoms with Gasteiger partial charge >= 0.3 is 0 Å².